The lowest BCUT2D eigenvalue weighted by Gasteiger charge is -2.19. The second-order valence-electron chi connectivity index (χ2n) is 4.77. The van der Waals surface area contributed by atoms with Crippen LogP contribution < -0.4 is 10.1 Å². The predicted molar refractivity (Wildman–Crippen MR) is 68.3 cm³/mol. The number of carbonyl (C=O) groups is 1. The van der Waals surface area contributed by atoms with E-state index in [1.54, 1.807) is 12.1 Å². The molecule has 0 bridgehead atoms. The van der Waals surface area contributed by atoms with Gasteiger partial charge in [0.05, 0.1) is 0 Å². The molecule has 0 radical (unpaired) electrons. The number of benzene rings is 1. The van der Waals surface area contributed by atoms with Gasteiger partial charge >= 0.3 is 0 Å². The molecule has 2 N–H and O–H groups in total. The molecule has 1 aromatic rings. The number of halogens is 1. The SMILES string of the molecule is O=C(COc1ccccc1F)NC1CCCC1CO. The molecule has 2 rings (SSSR count). The summed E-state index contributed by atoms with van der Waals surface area (Å²) in [5.41, 5.74) is 0. The molecule has 1 amide bonds. The second kappa shape index (κ2) is 6.52. The van der Waals surface area contributed by atoms with Crippen molar-refractivity contribution in [2.24, 2.45) is 5.92 Å². The predicted octanol–water partition coefficient (Wildman–Crippen LogP) is 1.48. The van der Waals surface area contributed by atoms with Crippen LogP contribution >= 0.6 is 0 Å². The number of ether oxygens (including phenoxy) is 1. The fraction of sp³-hybridized carbons (Fsp3) is 0.500. The van der Waals surface area contributed by atoms with Crippen molar-refractivity contribution < 1.29 is 19.0 Å². The van der Waals surface area contributed by atoms with Gasteiger partial charge in [0, 0.05) is 18.6 Å². The van der Waals surface area contributed by atoms with Crippen LogP contribution in [0.1, 0.15) is 19.3 Å². The number of nitrogens with one attached hydrogen (secondary N) is 1. The van der Waals surface area contributed by atoms with Gasteiger partial charge in [-0.1, -0.05) is 18.6 Å². The molecule has 2 unspecified atom stereocenters. The number of carbonyl (C=O) groups excluding carboxylic acids is 1. The minimum Gasteiger partial charge on any atom is -0.481 e. The van der Waals surface area contributed by atoms with Crippen molar-refractivity contribution in [3.63, 3.8) is 0 Å². The molecule has 0 heterocycles. The minimum atomic E-state index is -0.482. The van der Waals surface area contributed by atoms with E-state index in [0.717, 1.165) is 19.3 Å². The van der Waals surface area contributed by atoms with Crippen LogP contribution in [0.2, 0.25) is 0 Å². The Morgan fingerprint density at radius 2 is 2.21 bits per heavy atom. The third-order valence-electron chi connectivity index (χ3n) is 3.44. The normalized spacial score (nSPS) is 22.2. The number of amides is 1. The van der Waals surface area contributed by atoms with E-state index in [1.807, 2.05) is 0 Å². The van der Waals surface area contributed by atoms with E-state index < -0.39 is 5.82 Å². The van der Waals surface area contributed by atoms with Crippen LogP contribution in [0, 0.1) is 11.7 Å². The number of aliphatic hydroxyl groups is 1. The molecule has 2 atom stereocenters. The summed E-state index contributed by atoms with van der Waals surface area (Å²) >= 11 is 0. The van der Waals surface area contributed by atoms with Crippen molar-refractivity contribution in [2.75, 3.05) is 13.2 Å². The topological polar surface area (TPSA) is 58.6 Å². The van der Waals surface area contributed by atoms with Gasteiger partial charge in [0.15, 0.2) is 18.2 Å². The number of aliphatic hydroxyl groups excluding tert-OH is 1. The van der Waals surface area contributed by atoms with E-state index in [0.29, 0.717) is 0 Å². The van der Waals surface area contributed by atoms with Crippen molar-refractivity contribution in [3.8, 4) is 5.75 Å². The standard InChI is InChI=1S/C14H18FNO3/c15-11-5-1-2-7-13(11)19-9-14(18)16-12-6-3-4-10(12)8-17/h1-2,5,7,10,12,17H,3-4,6,8-9H2,(H,16,18). The Balaban J connectivity index is 1.80. The average molecular weight is 267 g/mol. The van der Waals surface area contributed by atoms with Crippen LogP contribution in [0.3, 0.4) is 0 Å². The summed E-state index contributed by atoms with van der Waals surface area (Å²) in [7, 11) is 0. The summed E-state index contributed by atoms with van der Waals surface area (Å²) in [5, 5.41) is 12.0. The van der Waals surface area contributed by atoms with Gasteiger partial charge in [0.2, 0.25) is 0 Å². The lowest BCUT2D eigenvalue weighted by molar-refractivity contribution is -0.124. The Morgan fingerprint density at radius 3 is 2.95 bits per heavy atom. The highest BCUT2D eigenvalue weighted by Crippen LogP contribution is 2.25. The highest BCUT2D eigenvalue weighted by atomic mass is 19.1. The van der Waals surface area contributed by atoms with E-state index in [9.17, 15) is 9.18 Å². The lowest BCUT2D eigenvalue weighted by atomic mass is 10.1. The molecule has 5 heteroatoms. The van der Waals surface area contributed by atoms with Crippen molar-refractivity contribution >= 4 is 5.91 Å². The van der Waals surface area contributed by atoms with Crippen LogP contribution in [-0.2, 0) is 4.79 Å². The van der Waals surface area contributed by atoms with Gasteiger partial charge in [-0.3, -0.25) is 4.79 Å². The van der Waals surface area contributed by atoms with Crippen molar-refractivity contribution in [3.05, 3.63) is 30.1 Å². The van der Waals surface area contributed by atoms with E-state index in [2.05, 4.69) is 5.32 Å². The molecule has 0 aliphatic heterocycles. The zero-order valence-electron chi connectivity index (χ0n) is 10.6. The number of hydrogen-bond donors (Lipinski definition) is 2. The van der Waals surface area contributed by atoms with Crippen LogP contribution in [-0.4, -0.2) is 30.3 Å². The van der Waals surface area contributed by atoms with Crippen molar-refractivity contribution in [2.45, 2.75) is 25.3 Å². The molecular weight excluding hydrogens is 249 g/mol. The monoisotopic (exact) mass is 267 g/mol. The molecule has 19 heavy (non-hydrogen) atoms. The molecule has 104 valence electrons. The van der Waals surface area contributed by atoms with Crippen LogP contribution in [0.15, 0.2) is 24.3 Å². The van der Waals surface area contributed by atoms with E-state index in [1.165, 1.54) is 12.1 Å². The van der Waals surface area contributed by atoms with E-state index in [-0.39, 0.29) is 36.8 Å². The molecule has 0 spiro atoms. The summed E-state index contributed by atoms with van der Waals surface area (Å²) in [6.45, 7) is -0.130. The highest BCUT2D eigenvalue weighted by molar-refractivity contribution is 5.77. The van der Waals surface area contributed by atoms with Gasteiger partial charge in [-0.25, -0.2) is 4.39 Å². The van der Waals surface area contributed by atoms with Gasteiger partial charge in [-0.2, -0.15) is 0 Å². The maximum atomic E-state index is 13.3. The minimum absolute atomic E-state index is 0.00159. The summed E-state index contributed by atoms with van der Waals surface area (Å²) in [6, 6.07) is 5.98. The first-order valence-corrected chi connectivity index (χ1v) is 6.48. The Bertz CT molecular complexity index is 438. The van der Waals surface area contributed by atoms with Gasteiger partial charge in [0.1, 0.15) is 0 Å². The summed E-state index contributed by atoms with van der Waals surface area (Å²) in [4.78, 5) is 11.7. The average Bonchev–Trinajstić information content (AvgIpc) is 2.85. The van der Waals surface area contributed by atoms with Gasteiger partial charge in [-0.15, -0.1) is 0 Å². The zero-order chi connectivity index (χ0) is 13.7. The largest absolute Gasteiger partial charge is 0.481 e. The quantitative estimate of drug-likeness (QED) is 0.849. The summed E-state index contributed by atoms with van der Waals surface area (Å²) in [6.07, 6.45) is 2.80. The summed E-state index contributed by atoms with van der Waals surface area (Å²) in [5.74, 6) is -0.571. The Hall–Kier alpha value is -1.62. The molecule has 1 saturated carbocycles. The van der Waals surface area contributed by atoms with Crippen molar-refractivity contribution in [1.29, 1.82) is 0 Å². The van der Waals surface area contributed by atoms with Crippen LogP contribution in [0.4, 0.5) is 4.39 Å². The Labute approximate surface area is 111 Å². The molecule has 1 aliphatic carbocycles. The molecule has 0 aromatic heterocycles. The number of hydrogen-bond acceptors (Lipinski definition) is 3. The third kappa shape index (κ3) is 3.67. The Kier molecular flexibility index (Phi) is 4.74. The molecule has 4 nitrogen and oxygen atoms in total. The van der Waals surface area contributed by atoms with Gasteiger partial charge in [0.25, 0.3) is 5.91 Å². The highest BCUT2D eigenvalue weighted by Gasteiger charge is 2.27. The maximum Gasteiger partial charge on any atom is 0.258 e. The first-order chi connectivity index (χ1) is 9.20. The zero-order valence-corrected chi connectivity index (χ0v) is 10.6. The fourth-order valence-corrected chi connectivity index (χ4v) is 2.40. The smallest absolute Gasteiger partial charge is 0.258 e. The Morgan fingerprint density at radius 1 is 1.42 bits per heavy atom. The molecular formula is C14H18FNO3. The molecule has 0 saturated heterocycles. The van der Waals surface area contributed by atoms with E-state index >= 15 is 0 Å². The van der Waals surface area contributed by atoms with Gasteiger partial charge < -0.3 is 15.2 Å². The summed E-state index contributed by atoms with van der Waals surface area (Å²) < 4.78 is 18.4. The lowest BCUT2D eigenvalue weighted by Crippen LogP contribution is -2.41. The van der Waals surface area contributed by atoms with E-state index in [4.69, 9.17) is 9.84 Å². The van der Waals surface area contributed by atoms with Crippen molar-refractivity contribution in [1.82, 2.24) is 5.32 Å². The van der Waals surface area contributed by atoms with Crippen LogP contribution in [0.5, 0.6) is 5.75 Å². The maximum absolute atomic E-state index is 13.3. The van der Waals surface area contributed by atoms with Gasteiger partial charge in [-0.05, 0) is 25.0 Å². The number of rotatable bonds is 5. The number of para-hydroxylation sites is 1. The first kappa shape index (κ1) is 13.8. The second-order valence-corrected chi connectivity index (χ2v) is 4.77. The molecule has 1 aromatic carbocycles. The fourth-order valence-electron chi connectivity index (χ4n) is 2.40. The van der Waals surface area contributed by atoms with Crippen LogP contribution in [0.25, 0.3) is 0 Å². The molecule has 1 aliphatic rings. The first-order valence-electron chi connectivity index (χ1n) is 6.48. The third-order valence-corrected chi connectivity index (χ3v) is 3.44. The molecule has 1 fully saturated rings.